The van der Waals surface area contributed by atoms with E-state index in [-0.39, 0.29) is 5.91 Å². The number of fused-ring (bicyclic) bond motifs is 1. The average Bonchev–Trinajstić information content (AvgIpc) is 2.76. The normalized spacial score (nSPS) is 10.5. The second kappa shape index (κ2) is 4.39. The minimum absolute atomic E-state index is 0.0581. The van der Waals surface area contributed by atoms with Crippen LogP contribution in [0.3, 0.4) is 0 Å². The average molecular weight is 231 g/mol. The highest BCUT2D eigenvalue weighted by Gasteiger charge is 2.16. The van der Waals surface area contributed by atoms with Crippen LogP contribution in [0, 0.1) is 0 Å². The molecule has 2 rings (SSSR count). The number of hydrogen-bond donors (Lipinski definition) is 2. The van der Waals surface area contributed by atoms with Gasteiger partial charge in [-0.25, -0.2) is 5.84 Å². The maximum absolute atomic E-state index is 11.8. The molecule has 0 aliphatic rings. The van der Waals surface area contributed by atoms with Crippen LogP contribution in [-0.2, 0) is 0 Å². The molecule has 0 fully saturated rings. The summed E-state index contributed by atoms with van der Waals surface area (Å²) in [4.78, 5) is 23.3. The number of hydrogen-bond acceptors (Lipinski definition) is 3. The molecule has 0 radical (unpaired) electrons. The molecule has 0 aliphatic heterocycles. The number of nitrogen functional groups attached to an aromatic ring is 1. The Balaban J connectivity index is 2.71. The topological polar surface area (TPSA) is 77.1 Å². The van der Waals surface area contributed by atoms with Crippen molar-refractivity contribution in [1.82, 2.24) is 9.99 Å². The molecule has 1 amide bonds. The number of carbonyl (C=O) groups excluding carboxylic acids is 2. The quantitative estimate of drug-likeness (QED) is 0.464. The van der Waals surface area contributed by atoms with E-state index in [1.807, 2.05) is 12.1 Å². The number of amides is 1. The molecule has 0 saturated heterocycles. The molecule has 1 aromatic heterocycles. The number of benzene rings is 1. The van der Waals surface area contributed by atoms with Gasteiger partial charge in [0.2, 0.25) is 5.91 Å². The summed E-state index contributed by atoms with van der Waals surface area (Å²) in [6.07, 6.45) is 1.90. The Hall–Kier alpha value is -2.14. The lowest BCUT2D eigenvalue weighted by molar-refractivity contribution is 0.0914. The minimum atomic E-state index is -0.399. The van der Waals surface area contributed by atoms with E-state index in [1.165, 1.54) is 10.8 Å². The van der Waals surface area contributed by atoms with Gasteiger partial charge in [-0.1, -0.05) is 25.1 Å². The summed E-state index contributed by atoms with van der Waals surface area (Å²) in [5, 5.41) is 0.720. The number of nitrogens with zero attached hydrogens (tertiary/aromatic N) is 1. The van der Waals surface area contributed by atoms with Crippen LogP contribution in [0.5, 0.6) is 0 Å². The lowest BCUT2D eigenvalue weighted by Gasteiger charge is -1.99. The minimum Gasteiger partial charge on any atom is -0.290 e. The number of rotatable bonds is 2. The van der Waals surface area contributed by atoms with Gasteiger partial charge in [0.05, 0.1) is 11.1 Å². The van der Waals surface area contributed by atoms with E-state index in [4.69, 9.17) is 5.84 Å². The Labute approximate surface area is 98.2 Å². The Morgan fingerprint density at radius 1 is 1.35 bits per heavy atom. The number of aromatic nitrogens is 1. The Bertz CT molecular complexity index is 536. The molecule has 0 bridgehead atoms. The van der Waals surface area contributed by atoms with Crippen molar-refractivity contribution in [2.45, 2.75) is 13.3 Å². The summed E-state index contributed by atoms with van der Waals surface area (Å²) >= 11 is 0. The molecule has 5 heteroatoms. The molecule has 1 aromatic carbocycles. The van der Waals surface area contributed by atoms with Crippen LogP contribution in [-0.4, -0.2) is 16.4 Å². The van der Waals surface area contributed by atoms with Gasteiger partial charge < -0.3 is 0 Å². The number of carbonyl (C=O) groups is 2. The van der Waals surface area contributed by atoms with Crippen LogP contribution in [0.1, 0.15) is 28.5 Å². The summed E-state index contributed by atoms with van der Waals surface area (Å²) in [6, 6.07) is 7.23. The molecule has 17 heavy (non-hydrogen) atoms. The summed E-state index contributed by atoms with van der Waals surface area (Å²) in [5.41, 5.74) is 3.21. The maximum Gasteiger partial charge on any atom is 0.267 e. The fourth-order valence-corrected chi connectivity index (χ4v) is 1.82. The first kappa shape index (κ1) is 11.3. The SMILES string of the molecule is CCC(=O)n1cc(C(=O)NN)c2ccccc21. The van der Waals surface area contributed by atoms with Gasteiger partial charge in [0, 0.05) is 18.0 Å². The van der Waals surface area contributed by atoms with E-state index in [0.717, 1.165) is 10.9 Å². The standard InChI is InChI=1S/C12H13N3O2/c1-2-11(16)15-7-9(12(17)14-13)8-5-3-4-6-10(8)15/h3-7H,2,13H2,1H3,(H,14,17). The second-order valence-electron chi connectivity index (χ2n) is 3.65. The van der Waals surface area contributed by atoms with Crippen molar-refractivity contribution in [3.63, 3.8) is 0 Å². The molecule has 0 saturated carbocycles. The zero-order chi connectivity index (χ0) is 12.4. The third kappa shape index (κ3) is 1.81. The fraction of sp³-hybridized carbons (Fsp3) is 0.167. The molecular weight excluding hydrogens is 218 g/mol. The second-order valence-corrected chi connectivity index (χ2v) is 3.65. The molecule has 0 aliphatic carbocycles. The van der Waals surface area contributed by atoms with E-state index in [9.17, 15) is 9.59 Å². The van der Waals surface area contributed by atoms with Crippen molar-refractivity contribution < 1.29 is 9.59 Å². The number of nitrogens with two attached hydrogens (primary N) is 1. The molecule has 5 nitrogen and oxygen atoms in total. The van der Waals surface area contributed by atoms with Gasteiger partial charge in [-0.2, -0.15) is 0 Å². The Morgan fingerprint density at radius 3 is 2.71 bits per heavy atom. The van der Waals surface area contributed by atoms with E-state index < -0.39 is 5.91 Å². The van der Waals surface area contributed by atoms with E-state index in [2.05, 4.69) is 5.43 Å². The number of nitrogens with one attached hydrogen (secondary N) is 1. The van der Waals surface area contributed by atoms with Gasteiger partial charge in [0.25, 0.3) is 5.91 Å². The van der Waals surface area contributed by atoms with E-state index in [1.54, 1.807) is 19.1 Å². The van der Waals surface area contributed by atoms with Gasteiger partial charge in [0.1, 0.15) is 0 Å². The van der Waals surface area contributed by atoms with Crippen LogP contribution in [0.2, 0.25) is 0 Å². The molecule has 1 heterocycles. The van der Waals surface area contributed by atoms with Gasteiger partial charge in [0.15, 0.2) is 0 Å². The third-order valence-corrected chi connectivity index (χ3v) is 2.66. The predicted molar refractivity (Wildman–Crippen MR) is 64.5 cm³/mol. The summed E-state index contributed by atoms with van der Waals surface area (Å²) in [5.74, 6) is 4.66. The summed E-state index contributed by atoms with van der Waals surface area (Å²) in [6.45, 7) is 1.78. The van der Waals surface area contributed by atoms with Crippen molar-refractivity contribution in [1.29, 1.82) is 0 Å². The van der Waals surface area contributed by atoms with Crippen LogP contribution in [0.25, 0.3) is 10.9 Å². The Kier molecular flexibility index (Phi) is 2.93. The molecule has 88 valence electrons. The summed E-state index contributed by atoms with van der Waals surface area (Å²) in [7, 11) is 0. The zero-order valence-corrected chi connectivity index (χ0v) is 9.43. The summed E-state index contributed by atoms with van der Waals surface area (Å²) < 4.78 is 1.49. The van der Waals surface area contributed by atoms with Crippen molar-refractivity contribution in [2.75, 3.05) is 0 Å². The highest BCUT2D eigenvalue weighted by molar-refractivity contribution is 6.09. The molecule has 3 N–H and O–H groups in total. The first-order valence-electron chi connectivity index (χ1n) is 5.33. The molecular formula is C12H13N3O2. The van der Waals surface area contributed by atoms with Crippen molar-refractivity contribution in [3.05, 3.63) is 36.0 Å². The molecule has 2 aromatic rings. The van der Waals surface area contributed by atoms with Gasteiger partial charge in [-0.05, 0) is 6.07 Å². The smallest absolute Gasteiger partial charge is 0.267 e. The van der Waals surface area contributed by atoms with Crippen LogP contribution in [0.4, 0.5) is 0 Å². The van der Waals surface area contributed by atoms with Gasteiger partial charge >= 0.3 is 0 Å². The van der Waals surface area contributed by atoms with Crippen molar-refractivity contribution in [2.24, 2.45) is 5.84 Å². The lowest BCUT2D eigenvalue weighted by atomic mass is 10.2. The highest BCUT2D eigenvalue weighted by atomic mass is 16.2. The molecule has 0 atom stereocenters. The number of hydrazine groups is 1. The van der Waals surface area contributed by atoms with Crippen LogP contribution in [0.15, 0.2) is 30.5 Å². The predicted octanol–water partition coefficient (Wildman–Crippen LogP) is 1.29. The van der Waals surface area contributed by atoms with Crippen molar-refractivity contribution >= 4 is 22.7 Å². The van der Waals surface area contributed by atoms with Gasteiger partial charge in [-0.3, -0.25) is 19.6 Å². The van der Waals surface area contributed by atoms with Gasteiger partial charge in [-0.15, -0.1) is 0 Å². The molecule has 0 spiro atoms. The zero-order valence-electron chi connectivity index (χ0n) is 9.43. The maximum atomic E-state index is 11.8. The van der Waals surface area contributed by atoms with Crippen LogP contribution >= 0.6 is 0 Å². The highest BCUT2D eigenvalue weighted by Crippen LogP contribution is 2.21. The van der Waals surface area contributed by atoms with Crippen LogP contribution < -0.4 is 11.3 Å². The number of para-hydroxylation sites is 1. The molecule has 0 unspecified atom stereocenters. The largest absolute Gasteiger partial charge is 0.290 e. The Morgan fingerprint density at radius 2 is 2.06 bits per heavy atom. The lowest BCUT2D eigenvalue weighted by Crippen LogP contribution is -2.29. The third-order valence-electron chi connectivity index (χ3n) is 2.66. The first-order valence-corrected chi connectivity index (χ1v) is 5.33. The monoisotopic (exact) mass is 231 g/mol. The van der Waals surface area contributed by atoms with Crippen molar-refractivity contribution in [3.8, 4) is 0 Å². The van der Waals surface area contributed by atoms with E-state index in [0.29, 0.717) is 12.0 Å². The van der Waals surface area contributed by atoms with E-state index >= 15 is 0 Å². The fourth-order valence-electron chi connectivity index (χ4n) is 1.82. The first-order chi connectivity index (χ1) is 8.19.